The number of benzene rings is 3. The van der Waals surface area contributed by atoms with Crippen LogP contribution in [0.3, 0.4) is 0 Å². The molecule has 0 aliphatic carbocycles. The van der Waals surface area contributed by atoms with Crippen LogP contribution in [0.2, 0.25) is 0 Å². The molecular formula is C29H30F4N2O3. The SMILES string of the molecule is COc1ccc(F)cc1C(C)(C)CC(O)(CN1CCN(c2ccccc2C=O)c2ccccc21)C(F)(F)F. The molecule has 38 heavy (non-hydrogen) atoms. The van der Waals surface area contributed by atoms with Crippen LogP contribution < -0.4 is 14.5 Å². The third-order valence-corrected chi connectivity index (χ3v) is 7.07. The molecule has 1 unspecified atom stereocenters. The molecule has 0 bridgehead atoms. The van der Waals surface area contributed by atoms with Gasteiger partial charge in [0.15, 0.2) is 11.9 Å². The Labute approximate surface area is 219 Å². The van der Waals surface area contributed by atoms with Gasteiger partial charge in [0.2, 0.25) is 0 Å². The van der Waals surface area contributed by atoms with E-state index in [1.54, 1.807) is 48.5 Å². The maximum absolute atomic E-state index is 14.6. The monoisotopic (exact) mass is 530 g/mol. The summed E-state index contributed by atoms with van der Waals surface area (Å²) in [5.74, 6) is -0.362. The molecule has 9 heteroatoms. The van der Waals surface area contributed by atoms with Gasteiger partial charge in [-0.3, -0.25) is 4.79 Å². The van der Waals surface area contributed by atoms with Gasteiger partial charge in [-0.05, 0) is 54.3 Å². The van der Waals surface area contributed by atoms with Gasteiger partial charge in [0.25, 0.3) is 0 Å². The van der Waals surface area contributed by atoms with E-state index in [4.69, 9.17) is 4.74 Å². The number of rotatable bonds is 8. The highest BCUT2D eigenvalue weighted by molar-refractivity contribution is 5.89. The van der Waals surface area contributed by atoms with Crippen LogP contribution >= 0.6 is 0 Å². The first kappa shape index (κ1) is 27.4. The lowest BCUT2D eigenvalue weighted by atomic mass is 9.74. The van der Waals surface area contributed by atoms with Crippen molar-refractivity contribution in [1.29, 1.82) is 0 Å². The van der Waals surface area contributed by atoms with Gasteiger partial charge >= 0.3 is 6.18 Å². The van der Waals surface area contributed by atoms with E-state index in [0.29, 0.717) is 29.2 Å². The maximum atomic E-state index is 14.6. The van der Waals surface area contributed by atoms with Gasteiger partial charge in [0.1, 0.15) is 11.6 Å². The summed E-state index contributed by atoms with van der Waals surface area (Å²) in [6, 6.07) is 17.7. The van der Waals surface area contributed by atoms with Crippen LogP contribution in [-0.2, 0) is 5.41 Å². The molecule has 3 aromatic carbocycles. The third kappa shape index (κ3) is 5.20. The number of anilines is 3. The molecule has 202 valence electrons. The zero-order valence-corrected chi connectivity index (χ0v) is 21.4. The van der Waals surface area contributed by atoms with Crippen LogP contribution in [0.25, 0.3) is 0 Å². The summed E-state index contributed by atoms with van der Waals surface area (Å²) >= 11 is 0. The van der Waals surface area contributed by atoms with E-state index in [2.05, 4.69) is 0 Å². The number of fused-ring (bicyclic) bond motifs is 1. The number of carbonyl (C=O) groups is 1. The molecular weight excluding hydrogens is 500 g/mol. The molecule has 1 atom stereocenters. The van der Waals surface area contributed by atoms with Crippen molar-refractivity contribution in [3.8, 4) is 5.75 Å². The van der Waals surface area contributed by atoms with Crippen molar-refractivity contribution in [2.24, 2.45) is 0 Å². The van der Waals surface area contributed by atoms with Gasteiger partial charge < -0.3 is 19.6 Å². The number of ether oxygens (including phenoxy) is 1. The minimum atomic E-state index is -4.97. The second-order valence-corrected chi connectivity index (χ2v) is 10.2. The standard InChI is InChI=1S/C29H30F4N2O3/c1-27(2,22-16-21(30)12-13-26(22)38-3)18-28(37,29(31,32)33)19-34-14-15-35(25-11-7-6-10-24(25)34)23-9-5-4-8-20(23)17-36/h4-13,16-17,37H,14-15,18-19H2,1-3H3. The minimum Gasteiger partial charge on any atom is -0.496 e. The summed E-state index contributed by atoms with van der Waals surface area (Å²) < 4.78 is 63.0. The van der Waals surface area contributed by atoms with Crippen LogP contribution in [0.1, 0.15) is 36.2 Å². The molecule has 0 saturated heterocycles. The van der Waals surface area contributed by atoms with Gasteiger partial charge in [0, 0.05) is 24.2 Å². The number of para-hydroxylation sites is 3. The largest absolute Gasteiger partial charge is 0.496 e. The molecule has 1 aliphatic heterocycles. The summed E-state index contributed by atoms with van der Waals surface area (Å²) in [5.41, 5.74) is -1.93. The maximum Gasteiger partial charge on any atom is 0.418 e. The second kappa shape index (κ2) is 10.3. The fourth-order valence-corrected chi connectivity index (χ4v) is 5.27. The fraction of sp³-hybridized carbons (Fsp3) is 0.345. The van der Waals surface area contributed by atoms with Crippen molar-refractivity contribution >= 4 is 23.3 Å². The number of nitrogens with zero attached hydrogens (tertiary/aromatic N) is 2. The van der Waals surface area contributed by atoms with Gasteiger partial charge in [-0.1, -0.05) is 38.1 Å². The Morgan fingerprint density at radius 3 is 2.21 bits per heavy atom. The topological polar surface area (TPSA) is 53.0 Å². The molecule has 1 N–H and O–H groups in total. The van der Waals surface area contributed by atoms with Crippen molar-refractivity contribution < 1.29 is 32.2 Å². The van der Waals surface area contributed by atoms with Crippen molar-refractivity contribution in [2.75, 3.05) is 36.5 Å². The molecule has 1 aliphatic rings. The van der Waals surface area contributed by atoms with E-state index in [1.807, 2.05) is 4.90 Å². The Kier molecular flexibility index (Phi) is 7.43. The Balaban J connectivity index is 1.70. The van der Waals surface area contributed by atoms with Crippen molar-refractivity contribution in [1.82, 2.24) is 0 Å². The predicted octanol–water partition coefficient (Wildman–Crippen LogP) is 6.27. The van der Waals surface area contributed by atoms with Crippen LogP contribution in [0.15, 0.2) is 66.7 Å². The Morgan fingerprint density at radius 2 is 1.58 bits per heavy atom. The minimum absolute atomic E-state index is 0.173. The molecule has 0 fully saturated rings. The lowest BCUT2D eigenvalue weighted by molar-refractivity contribution is -0.262. The van der Waals surface area contributed by atoms with E-state index >= 15 is 0 Å². The fourth-order valence-electron chi connectivity index (χ4n) is 5.27. The van der Waals surface area contributed by atoms with Crippen molar-refractivity contribution in [3.63, 3.8) is 0 Å². The van der Waals surface area contributed by atoms with Crippen molar-refractivity contribution in [2.45, 2.75) is 37.5 Å². The Hall–Kier alpha value is -3.59. The third-order valence-electron chi connectivity index (χ3n) is 7.07. The zero-order valence-electron chi connectivity index (χ0n) is 21.4. The summed E-state index contributed by atoms with van der Waals surface area (Å²) in [5, 5.41) is 11.3. The van der Waals surface area contributed by atoms with E-state index in [9.17, 15) is 27.5 Å². The van der Waals surface area contributed by atoms with Gasteiger partial charge in [0.05, 0.1) is 30.7 Å². The smallest absolute Gasteiger partial charge is 0.418 e. The number of alkyl halides is 3. The van der Waals surface area contributed by atoms with E-state index in [0.717, 1.165) is 12.4 Å². The van der Waals surface area contributed by atoms with Gasteiger partial charge in [-0.2, -0.15) is 13.2 Å². The summed E-state index contributed by atoms with van der Waals surface area (Å²) in [4.78, 5) is 15.0. The van der Waals surface area contributed by atoms with Crippen LogP contribution in [-0.4, -0.2) is 49.9 Å². The number of hydrogen-bond acceptors (Lipinski definition) is 5. The Bertz CT molecular complexity index is 1310. The molecule has 0 amide bonds. The second-order valence-electron chi connectivity index (χ2n) is 10.2. The highest BCUT2D eigenvalue weighted by Crippen LogP contribution is 2.46. The van der Waals surface area contributed by atoms with Crippen LogP contribution in [0.4, 0.5) is 34.6 Å². The summed E-state index contributed by atoms with van der Waals surface area (Å²) in [6.07, 6.45) is -4.95. The average Bonchev–Trinajstić information content (AvgIpc) is 2.88. The number of aliphatic hydroxyl groups is 1. The highest BCUT2D eigenvalue weighted by Gasteiger charge is 2.57. The number of halogens is 4. The lowest BCUT2D eigenvalue weighted by Gasteiger charge is -2.45. The number of carbonyl (C=O) groups excluding carboxylic acids is 1. The van der Waals surface area contributed by atoms with E-state index < -0.39 is 36.0 Å². The molecule has 0 aromatic heterocycles. The molecule has 0 radical (unpaired) electrons. The van der Waals surface area contributed by atoms with Crippen molar-refractivity contribution in [3.05, 3.63) is 83.7 Å². The first-order valence-corrected chi connectivity index (χ1v) is 12.2. The zero-order chi connectivity index (χ0) is 27.7. The summed E-state index contributed by atoms with van der Waals surface area (Å²) in [7, 11) is 1.36. The predicted molar refractivity (Wildman–Crippen MR) is 139 cm³/mol. The van der Waals surface area contributed by atoms with Gasteiger partial charge in [-0.25, -0.2) is 4.39 Å². The number of hydrogen-bond donors (Lipinski definition) is 1. The lowest BCUT2D eigenvalue weighted by Crippen LogP contribution is -2.58. The van der Waals surface area contributed by atoms with E-state index in [-0.39, 0.29) is 17.9 Å². The van der Waals surface area contributed by atoms with Crippen LogP contribution in [0, 0.1) is 5.82 Å². The first-order valence-electron chi connectivity index (χ1n) is 12.2. The molecule has 0 spiro atoms. The Morgan fingerprint density at radius 1 is 0.947 bits per heavy atom. The normalized spacial score (nSPS) is 15.6. The first-order chi connectivity index (χ1) is 17.9. The number of methoxy groups -OCH3 is 1. The average molecular weight is 531 g/mol. The highest BCUT2D eigenvalue weighted by atomic mass is 19.4. The molecule has 1 heterocycles. The van der Waals surface area contributed by atoms with Crippen LogP contribution in [0.5, 0.6) is 5.75 Å². The van der Waals surface area contributed by atoms with Gasteiger partial charge in [-0.15, -0.1) is 0 Å². The molecule has 4 rings (SSSR count). The molecule has 3 aromatic rings. The quantitative estimate of drug-likeness (QED) is 0.275. The molecule has 0 saturated carbocycles. The molecule has 5 nitrogen and oxygen atoms in total. The number of β-amino-alcohol motifs (C(OH)–C–C–N with tert-alkyl or cyclic N) is 1. The summed E-state index contributed by atoms with van der Waals surface area (Å²) in [6.45, 7) is 2.81. The number of aldehydes is 1. The van der Waals surface area contributed by atoms with E-state index in [1.165, 1.54) is 38.0 Å².